The Morgan fingerprint density at radius 3 is 2.77 bits per heavy atom. The Balaban J connectivity index is 1.47. The van der Waals surface area contributed by atoms with Crippen molar-refractivity contribution in [3.8, 4) is 11.5 Å². The van der Waals surface area contributed by atoms with E-state index >= 15 is 0 Å². The van der Waals surface area contributed by atoms with Gasteiger partial charge < -0.3 is 24.1 Å². The number of hydrogen-bond donors (Lipinski definition) is 1. The fourth-order valence-corrected chi connectivity index (χ4v) is 3.08. The molecular weight excluding hydrogens is 350 g/mol. The van der Waals surface area contributed by atoms with Crippen LogP contribution in [0.1, 0.15) is 23.4 Å². The maximum absolute atomic E-state index is 13.1. The zero-order chi connectivity index (χ0) is 18.3. The summed E-state index contributed by atoms with van der Waals surface area (Å²) < 4.78 is 39.9. The molecule has 2 amide bonds. The van der Waals surface area contributed by atoms with Gasteiger partial charge in [0.05, 0.1) is 6.26 Å². The first-order chi connectivity index (χ1) is 12.4. The average Bonchev–Trinajstić information content (AvgIpc) is 3.32. The van der Waals surface area contributed by atoms with E-state index in [4.69, 9.17) is 4.42 Å². The van der Waals surface area contributed by atoms with Crippen LogP contribution in [0.25, 0.3) is 0 Å². The number of nitrogens with zero attached hydrogens (tertiary/aromatic N) is 1. The molecule has 0 spiro atoms. The number of hydrogen-bond acceptors (Lipinski definition) is 5. The van der Waals surface area contributed by atoms with E-state index in [1.807, 2.05) is 0 Å². The second-order valence-electron chi connectivity index (χ2n) is 5.95. The molecule has 4 rings (SSSR count). The molecule has 136 valence electrons. The molecule has 1 aromatic carbocycles. The second-order valence-corrected chi connectivity index (χ2v) is 5.95. The molecule has 2 aliphatic rings. The first-order valence-corrected chi connectivity index (χ1v) is 7.98. The number of likely N-dealkylation sites (tertiary alicyclic amines) is 1. The van der Waals surface area contributed by atoms with Crippen molar-refractivity contribution in [3.05, 3.63) is 42.4 Å². The highest BCUT2D eigenvalue weighted by molar-refractivity contribution is 6.00. The molecule has 9 heteroatoms. The third-order valence-corrected chi connectivity index (χ3v) is 4.22. The second kappa shape index (κ2) is 6.01. The molecule has 0 aliphatic carbocycles. The number of carbonyl (C=O) groups excluding carboxylic acids is 2. The molecule has 7 nitrogen and oxygen atoms in total. The zero-order valence-electron chi connectivity index (χ0n) is 13.4. The predicted molar refractivity (Wildman–Crippen MR) is 84.0 cm³/mol. The van der Waals surface area contributed by atoms with Gasteiger partial charge in [0.2, 0.25) is 5.91 Å². The summed E-state index contributed by atoms with van der Waals surface area (Å²) in [6.45, 7) is 0.435. The van der Waals surface area contributed by atoms with Crippen LogP contribution in [0.15, 0.2) is 41.0 Å². The lowest BCUT2D eigenvalue weighted by Crippen LogP contribution is -2.43. The van der Waals surface area contributed by atoms with Crippen molar-refractivity contribution in [1.82, 2.24) is 4.90 Å². The lowest BCUT2D eigenvalue weighted by Gasteiger charge is -2.23. The van der Waals surface area contributed by atoms with Gasteiger partial charge in [-0.2, -0.15) is 0 Å². The third kappa shape index (κ3) is 2.96. The molecule has 3 heterocycles. The zero-order valence-corrected chi connectivity index (χ0v) is 13.4. The quantitative estimate of drug-likeness (QED) is 0.906. The van der Waals surface area contributed by atoms with Crippen LogP contribution < -0.4 is 14.8 Å². The summed E-state index contributed by atoms with van der Waals surface area (Å²) in [4.78, 5) is 26.4. The van der Waals surface area contributed by atoms with Gasteiger partial charge in [0.15, 0.2) is 17.3 Å². The highest BCUT2D eigenvalue weighted by Crippen LogP contribution is 2.42. The maximum Gasteiger partial charge on any atom is 0.586 e. The number of halogens is 2. The van der Waals surface area contributed by atoms with E-state index in [1.54, 1.807) is 6.07 Å². The Kier molecular flexibility index (Phi) is 3.78. The van der Waals surface area contributed by atoms with Gasteiger partial charge in [-0.1, -0.05) is 0 Å². The van der Waals surface area contributed by atoms with Crippen molar-refractivity contribution in [2.45, 2.75) is 25.2 Å². The van der Waals surface area contributed by atoms with Crippen LogP contribution in [-0.4, -0.2) is 35.6 Å². The monoisotopic (exact) mass is 364 g/mol. The first kappa shape index (κ1) is 16.4. The predicted octanol–water partition coefficient (Wildman–Crippen LogP) is 2.84. The van der Waals surface area contributed by atoms with Crippen molar-refractivity contribution < 1.29 is 32.3 Å². The van der Waals surface area contributed by atoms with Gasteiger partial charge in [-0.25, -0.2) is 0 Å². The maximum atomic E-state index is 13.1. The molecule has 1 N–H and O–H groups in total. The summed E-state index contributed by atoms with van der Waals surface area (Å²) >= 11 is 0. The normalized spacial score (nSPS) is 20.2. The number of fused-ring (bicyclic) bond motifs is 1. The summed E-state index contributed by atoms with van der Waals surface area (Å²) in [5.74, 6) is -0.882. The minimum Gasteiger partial charge on any atom is -0.459 e. The van der Waals surface area contributed by atoms with Crippen molar-refractivity contribution in [1.29, 1.82) is 0 Å². The SMILES string of the molecule is O=C(Nc1ccc2c(c1)OC(F)(F)O2)[C@H]1CCCN1C(=O)c1ccco1. The average molecular weight is 364 g/mol. The van der Waals surface area contributed by atoms with Crippen LogP contribution in [0.5, 0.6) is 11.5 Å². The molecule has 0 radical (unpaired) electrons. The van der Waals surface area contributed by atoms with Crippen LogP contribution in [-0.2, 0) is 4.79 Å². The minimum absolute atomic E-state index is 0.108. The minimum atomic E-state index is -3.72. The van der Waals surface area contributed by atoms with Gasteiger partial charge in [0, 0.05) is 18.3 Å². The number of rotatable bonds is 3. The highest BCUT2D eigenvalue weighted by Gasteiger charge is 2.43. The van der Waals surface area contributed by atoms with Gasteiger partial charge in [-0.15, -0.1) is 8.78 Å². The van der Waals surface area contributed by atoms with Gasteiger partial charge in [-0.05, 0) is 37.1 Å². The number of benzene rings is 1. The molecule has 0 bridgehead atoms. The molecule has 26 heavy (non-hydrogen) atoms. The number of anilines is 1. The standard InChI is InChI=1S/C17H14F2N2O5/c18-17(19)25-12-6-5-10(9-14(12)26-17)20-15(22)11-3-1-7-21(11)16(23)13-4-2-8-24-13/h2,4-6,8-9,11H,1,3,7H2,(H,20,22)/t11-/m1/s1. The van der Waals surface area contributed by atoms with Crippen LogP contribution >= 0.6 is 0 Å². The van der Waals surface area contributed by atoms with Gasteiger partial charge in [-0.3, -0.25) is 9.59 Å². The summed E-state index contributed by atoms with van der Waals surface area (Å²) in [5, 5.41) is 2.63. The Labute approximate surface area is 146 Å². The smallest absolute Gasteiger partial charge is 0.459 e. The van der Waals surface area contributed by atoms with E-state index in [2.05, 4.69) is 14.8 Å². The molecule has 1 saturated heterocycles. The van der Waals surface area contributed by atoms with Gasteiger partial charge in [0.25, 0.3) is 5.91 Å². The van der Waals surface area contributed by atoms with Gasteiger partial charge in [0.1, 0.15) is 6.04 Å². The van der Waals surface area contributed by atoms with E-state index in [1.165, 1.54) is 35.4 Å². The Morgan fingerprint density at radius 2 is 2.00 bits per heavy atom. The number of amides is 2. The third-order valence-electron chi connectivity index (χ3n) is 4.22. The van der Waals surface area contributed by atoms with E-state index in [9.17, 15) is 18.4 Å². The first-order valence-electron chi connectivity index (χ1n) is 7.98. The number of carbonyl (C=O) groups is 2. The lowest BCUT2D eigenvalue weighted by atomic mass is 10.2. The van der Waals surface area contributed by atoms with Crippen LogP contribution in [0.4, 0.5) is 14.5 Å². The van der Waals surface area contributed by atoms with Crippen molar-refractivity contribution in [3.63, 3.8) is 0 Å². The number of furan rings is 1. The Hall–Kier alpha value is -3.10. The molecule has 2 aromatic rings. The largest absolute Gasteiger partial charge is 0.586 e. The summed E-state index contributed by atoms with van der Waals surface area (Å²) in [6, 6.07) is 6.43. The number of ether oxygens (including phenoxy) is 2. The lowest BCUT2D eigenvalue weighted by molar-refractivity contribution is -0.286. The van der Waals surface area contributed by atoms with Crippen molar-refractivity contribution in [2.24, 2.45) is 0 Å². The van der Waals surface area contributed by atoms with E-state index in [0.717, 1.165) is 0 Å². The van der Waals surface area contributed by atoms with Crippen molar-refractivity contribution in [2.75, 3.05) is 11.9 Å². The fourth-order valence-electron chi connectivity index (χ4n) is 3.08. The molecule has 1 atom stereocenters. The molecule has 1 fully saturated rings. The van der Waals surface area contributed by atoms with Crippen LogP contribution in [0.3, 0.4) is 0 Å². The number of nitrogens with one attached hydrogen (secondary N) is 1. The molecule has 1 aromatic heterocycles. The van der Waals surface area contributed by atoms with E-state index in [0.29, 0.717) is 19.4 Å². The number of alkyl halides is 2. The van der Waals surface area contributed by atoms with Crippen LogP contribution in [0, 0.1) is 0 Å². The summed E-state index contributed by atoms with van der Waals surface area (Å²) in [6.07, 6.45) is -1.15. The molecular formula is C17H14F2N2O5. The fraction of sp³-hybridized carbons (Fsp3) is 0.294. The Morgan fingerprint density at radius 1 is 1.19 bits per heavy atom. The topological polar surface area (TPSA) is 81.0 Å². The highest BCUT2D eigenvalue weighted by atomic mass is 19.3. The van der Waals surface area contributed by atoms with Crippen LogP contribution in [0.2, 0.25) is 0 Å². The van der Waals surface area contributed by atoms with E-state index < -0.39 is 18.2 Å². The molecule has 0 saturated carbocycles. The van der Waals surface area contributed by atoms with Crippen molar-refractivity contribution >= 4 is 17.5 Å². The Bertz CT molecular complexity index is 853. The van der Waals surface area contributed by atoms with E-state index in [-0.39, 0.29) is 28.9 Å². The van der Waals surface area contributed by atoms with Gasteiger partial charge >= 0.3 is 6.29 Å². The summed E-state index contributed by atoms with van der Waals surface area (Å²) in [7, 11) is 0. The summed E-state index contributed by atoms with van der Waals surface area (Å²) in [5.41, 5.74) is 0.271. The molecule has 2 aliphatic heterocycles. The molecule has 0 unspecified atom stereocenters.